The van der Waals surface area contributed by atoms with Gasteiger partial charge in [-0.05, 0) is 30.7 Å². The molecule has 2 aromatic carbocycles. The fourth-order valence-corrected chi connectivity index (χ4v) is 3.79. The first-order chi connectivity index (χ1) is 16.6. The maximum absolute atomic E-state index is 13.3. The molecule has 0 fully saturated rings. The number of carbonyl (C=O) groups excluding carboxylic acids is 1. The van der Waals surface area contributed by atoms with Gasteiger partial charge in [-0.1, -0.05) is 30.3 Å². The molecule has 178 valence electrons. The Kier molecular flexibility index (Phi) is 6.42. The van der Waals surface area contributed by atoms with Crippen LogP contribution >= 0.6 is 11.3 Å². The molecule has 0 saturated heterocycles. The third kappa shape index (κ3) is 5.24. The molecule has 0 aliphatic carbocycles. The molecular weight excluding hydrogens is 485 g/mol. The van der Waals surface area contributed by atoms with Crippen molar-refractivity contribution in [3.63, 3.8) is 0 Å². The lowest BCUT2D eigenvalue weighted by molar-refractivity contribution is -0.384. The zero-order valence-corrected chi connectivity index (χ0v) is 18.7. The van der Waals surface area contributed by atoms with Crippen molar-refractivity contribution >= 4 is 28.6 Å². The van der Waals surface area contributed by atoms with Crippen LogP contribution in [-0.2, 0) is 6.18 Å². The van der Waals surface area contributed by atoms with E-state index in [4.69, 9.17) is 0 Å². The smallest absolute Gasteiger partial charge is 0.266 e. The lowest BCUT2D eigenvalue weighted by atomic mass is 10.1. The average molecular weight is 500 g/mol. The largest absolute Gasteiger partial charge is 0.435 e. The van der Waals surface area contributed by atoms with E-state index >= 15 is 0 Å². The second-order valence-corrected chi connectivity index (χ2v) is 7.98. The van der Waals surface area contributed by atoms with E-state index in [2.05, 4.69) is 20.6 Å². The van der Waals surface area contributed by atoms with Gasteiger partial charge in [0.15, 0.2) is 5.69 Å². The molecule has 0 unspecified atom stereocenters. The number of nitro benzene ring substituents is 1. The fourth-order valence-electron chi connectivity index (χ4n) is 3.03. The second-order valence-electron chi connectivity index (χ2n) is 7.15. The van der Waals surface area contributed by atoms with Gasteiger partial charge in [0.05, 0.1) is 16.3 Å². The highest BCUT2D eigenvalue weighted by Gasteiger charge is 2.35. The Bertz CT molecular complexity index is 1410. The Balaban J connectivity index is 1.57. The number of amides is 1. The maximum atomic E-state index is 13.3. The highest BCUT2D eigenvalue weighted by Crippen LogP contribution is 2.33. The lowest BCUT2D eigenvalue weighted by Gasteiger charge is -2.04. The van der Waals surface area contributed by atoms with Crippen molar-refractivity contribution in [3.05, 3.63) is 93.1 Å². The lowest BCUT2D eigenvalue weighted by Crippen LogP contribution is -2.20. The summed E-state index contributed by atoms with van der Waals surface area (Å²) in [5, 5.41) is 19.8. The number of benzene rings is 2. The molecule has 4 aromatic rings. The van der Waals surface area contributed by atoms with Gasteiger partial charge in [-0.2, -0.15) is 23.4 Å². The van der Waals surface area contributed by atoms with Gasteiger partial charge in [-0.3, -0.25) is 14.9 Å². The van der Waals surface area contributed by atoms with Crippen LogP contribution in [-0.4, -0.2) is 31.3 Å². The van der Waals surface area contributed by atoms with Gasteiger partial charge < -0.3 is 0 Å². The number of nitrogens with one attached hydrogen (secondary N) is 1. The summed E-state index contributed by atoms with van der Waals surface area (Å²) >= 11 is 0.948. The van der Waals surface area contributed by atoms with E-state index < -0.39 is 22.7 Å². The molecule has 35 heavy (non-hydrogen) atoms. The summed E-state index contributed by atoms with van der Waals surface area (Å²) in [5.41, 5.74) is 2.71. The molecule has 1 amide bonds. The maximum Gasteiger partial charge on any atom is 0.435 e. The summed E-state index contributed by atoms with van der Waals surface area (Å²) in [6.07, 6.45) is -4.66. The van der Waals surface area contributed by atoms with Crippen LogP contribution < -0.4 is 5.43 Å². The summed E-state index contributed by atoms with van der Waals surface area (Å²) in [4.78, 5) is 26.9. The number of alkyl halides is 3. The van der Waals surface area contributed by atoms with E-state index in [9.17, 15) is 28.1 Å². The minimum atomic E-state index is -4.66. The van der Waals surface area contributed by atoms with Gasteiger partial charge in [-0.15, -0.1) is 11.3 Å². The van der Waals surface area contributed by atoms with Crippen LogP contribution in [0.4, 0.5) is 18.9 Å². The van der Waals surface area contributed by atoms with Gasteiger partial charge in [0.1, 0.15) is 5.69 Å². The van der Waals surface area contributed by atoms with Crippen molar-refractivity contribution in [2.24, 2.45) is 5.10 Å². The van der Waals surface area contributed by atoms with Crippen molar-refractivity contribution in [3.8, 4) is 16.4 Å². The topological polar surface area (TPSA) is 115 Å². The number of non-ortho nitro benzene ring substituents is 1. The molecule has 0 spiro atoms. The van der Waals surface area contributed by atoms with Gasteiger partial charge in [0.25, 0.3) is 11.6 Å². The number of halogens is 3. The van der Waals surface area contributed by atoms with Gasteiger partial charge in [0.2, 0.25) is 5.13 Å². The number of hydrogen-bond donors (Lipinski definition) is 1. The van der Waals surface area contributed by atoms with E-state index in [0.717, 1.165) is 22.1 Å². The van der Waals surface area contributed by atoms with Gasteiger partial charge in [0, 0.05) is 23.1 Å². The van der Waals surface area contributed by atoms with Gasteiger partial charge in [-0.25, -0.2) is 15.1 Å². The van der Waals surface area contributed by atoms with Crippen molar-refractivity contribution in [1.29, 1.82) is 0 Å². The summed E-state index contributed by atoms with van der Waals surface area (Å²) in [6, 6.07) is 14.9. The molecule has 0 atom stereocenters. The third-order valence-electron chi connectivity index (χ3n) is 4.80. The van der Waals surface area contributed by atoms with E-state index in [-0.39, 0.29) is 22.2 Å². The van der Waals surface area contributed by atoms with Crippen LogP contribution in [0.3, 0.4) is 0 Å². The minimum Gasteiger partial charge on any atom is -0.266 e. The molecule has 2 aromatic heterocycles. The van der Waals surface area contributed by atoms with Crippen molar-refractivity contribution in [2.45, 2.75) is 13.1 Å². The minimum absolute atomic E-state index is 0.0617. The van der Waals surface area contributed by atoms with E-state index in [0.29, 0.717) is 16.8 Å². The molecule has 13 heteroatoms. The molecule has 2 heterocycles. The van der Waals surface area contributed by atoms with Crippen LogP contribution in [0.5, 0.6) is 0 Å². The molecule has 9 nitrogen and oxygen atoms in total. The molecule has 0 aliphatic heterocycles. The van der Waals surface area contributed by atoms with Crippen LogP contribution in [0.15, 0.2) is 71.1 Å². The number of aromatic nitrogens is 3. The average Bonchev–Trinajstić information content (AvgIpc) is 3.50. The van der Waals surface area contributed by atoms with Crippen LogP contribution in [0.25, 0.3) is 16.4 Å². The number of thiazole rings is 1. The molecule has 0 radical (unpaired) electrons. The van der Waals surface area contributed by atoms with Crippen molar-refractivity contribution < 1.29 is 22.9 Å². The zero-order chi connectivity index (χ0) is 25.2. The quantitative estimate of drug-likeness (QED) is 0.225. The fraction of sp³-hybridized carbons (Fsp3) is 0.0909. The number of hydrogen-bond acceptors (Lipinski definition) is 7. The Morgan fingerprint density at radius 1 is 1.14 bits per heavy atom. The molecule has 0 saturated carbocycles. The number of rotatable bonds is 6. The monoisotopic (exact) mass is 500 g/mol. The standard InChI is InChI=1S/C22H15F3N6O3S/c1-13(14-7-9-16(10-8-14)31(33)34)27-28-20(32)17-12-35-21(26-17)30-18(15-5-3-2-4-6-15)11-19(29-30)22(23,24)25/h2-12H,1H3,(H,28,32)/b27-13+. The highest BCUT2D eigenvalue weighted by atomic mass is 32.1. The Morgan fingerprint density at radius 3 is 2.46 bits per heavy atom. The number of hydrazone groups is 1. The summed E-state index contributed by atoms with van der Waals surface area (Å²) in [7, 11) is 0. The third-order valence-corrected chi connectivity index (χ3v) is 5.61. The van der Waals surface area contributed by atoms with E-state index in [1.165, 1.54) is 29.6 Å². The second kappa shape index (κ2) is 9.46. The first-order valence-corrected chi connectivity index (χ1v) is 10.8. The van der Waals surface area contributed by atoms with Crippen molar-refractivity contribution in [1.82, 2.24) is 20.2 Å². The predicted molar refractivity (Wildman–Crippen MR) is 122 cm³/mol. The number of nitro groups is 1. The predicted octanol–water partition coefficient (Wildman–Crippen LogP) is 5.08. The Labute approximate surface area is 199 Å². The Hall–Kier alpha value is -4.39. The van der Waals surface area contributed by atoms with Crippen LogP contribution in [0.1, 0.15) is 28.7 Å². The zero-order valence-electron chi connectivity index (χ0n) is 17.9. The first kappa shape index (κ1) is 23.8. The van der Waals surface area contributed by atoms with Gasteiger partial charge >= 0.3 is 6.18 Å². The normalized spacial score (nSPS) is 11.9. The molecule has 1 N–H and O–H groups in total. The number of carbonyl (C=O) groups is 1. The summed E-state index contributed by atoms with van der Waals surface area (Å²) < 4.78 is 41.0. The Morgan fingerprint density at radius 2 is 1.83 bits per heavy atom. The van der Waals surface area contributed by atoms with Crippen LogP contribution in [0.2, 0.25) is 0 Å². The number of nitrogens with zero attached hydrogens (tertiary/aromatic N) is 5. The summed E-state index contributed by atoms with van der Waals surface area (Å²) in [5.74, 6) is -0.682. The first-order valence-electron chi connectivity index (χ1n) is 9.91. The van der Waals surface area contributed by atoms with E-state index in [1.54, 1.807) is 37.3 Å². The van der Waals surface area contributed by atoms with Crippen molar-refractivity contribution in [2.75, 3.05) is 0 Å². The van der Waals surface area contributed by atoms with Crippen LogP contribution in [0, 0.1) is 10.1 Å². The SMILES string of the molecule is C/C(=N\NC(=O)c1csc(-n2nc(C(F)(F)F)cc2-c2ccccc2)n1)c1ccc([N+](=O)[O-])cc1. The molecule has 0 aliphatic rings. The molecule has 0 bridgehead atoms. The summed E-state index contributed by atoms with van der Waals surface area (Å²) in [6.45, 7) is 1.60. The van der Waals surface area contributed by atoms with E-state index in [1.807, 2.05) is 0 Å². The molecule has 4 rings (SSSR count). The highest BCUT2D eigenvalue weighted by molar-refractivity contribution is 7.12. The molecular formula is C22H15F3N6O3S.